The maximum absolute atomic E-state index is 6.47. The molecule has 0 amide bonds. The Hall–Kier alpha value is -0.730. The number of hydrogen-bond acceptors (Lipinski definition) is 2. The van der Waals surface area contributed by atoms with Crippen LogP contribution in [0.5, 0.6) is 0 Å². The first-order valence-corrected chi connectivity index (χ1v) is 8.44. The predicted octanol–water partition coefficient (Wildman–Crippen LogP) is 4.36. The summed E-state index contributed by atoms with van der Waals surface area (Å²) in [5, 5.41) is 4.53. The summed E-state index contributed by atoms with van der Waals surface area (Å²) in [5.41, 5.74) is 2.66. The Morgan fingerprint density at radius 2 is 2.05 bits per heavy atom. The summed E-state index contributed by atoms with van der Waals surface area (Å²) in [5.74, 6) is 0. The van der Waals surface area contributed by atoms with Crippen LogP contribution < -0.4 is 10.2 Å². The van der Waals surface area contributed by atoms with E-state index in [1.165, 1.54) is 49.8 Å². The van der Waals surface area contributed by atoms with Gasteiger partial charge in [-0.2, -0.15) is 0 Å². The van der Waals surface area contributed by atoms with Gasteiger partial charge in [-0.1, -0.05) is 31.0 Å². The van der Waals surface area contributed by atoms with Gasteiger partial charge in [0.1, 0.15) is 0 Å². The van der Waals surface area contributed by atoms with Crippen molar-refractivity contribution in [1.29, 1.82) is 0 Å². The smallest absolute Gasteiger partial charge is 0.0471 e. The number of hydrogen-bond donors (Lipinski definition) is 1. The van der Waals surface area contributed by atoms with E-state index in [2.05, 4.69) is 29.3 Å². The van der Waals surface area contributed by atoms with Crippen LogP contribution in [0.1, 0.15) is 51.0 Å². The van der Waals surface area contributed by atoms with E-state index in [4.69, 9.17) is 11.6 Å². The Balaban J connectivity index is 1.79. The van der Waals surface area contributed by atoms with Gasteiger partial charge < -0.3 is 10.2 Å². The first kappa shape index (κ1) is 14.2. The number of halogens is 1. The van der Waals surface area contributed by atoms with Crippen LogP contribution in [0.2, 0.25) is 5.02 Å². The molecule has 2 aliphatic carbocycles. The second-order valence-corrected chi connectivity index (χ2v) is 6.58. The van der Waals surface area contributed by atoms with Crippen molar-refractivity contribution in [3.8, 4) is 0 Å². The normalized spacial score (nSPS) is 18.3. The number of unbranched alkanes of at least 4 members (excludes halogenated alkanes) is 1. The highest BCUT2D eigenvalue weighted by molar-refractivity contribution is 6.31. The van der Waals surface area contributed by atoms with Crippen LogP contribution in [0.3, 0.4) is 0 Å². The zero-order valence-electron chi connectivity index (χ0n) is 12.4. The van der Waals surface area contributed by atoms with Crippen molar-refractivity contribution >= 4 is 17.3 Å². The van der Waals surface area contributed by atoms with Crippen LogP contribution in [0, 0.1) is 0 Å². The lowest BCUT2D eigenvalue weighted by Gasteiger charge is -2.28. The van der Waals surface area contributed by atoms with Gasteiger partial charge in [-0.15, -0.1) is 0 Å². The van der Waals surface area contributed by atoms with Crippen molar-refractivity contribution in [2.45, 2.75) is 64.1 Å². The van der Waals surface area contributed by atoms with Gasteiger partial charge in [0.05, 0.1) is 0 Å². The summed E-state index contributed by atoms with van der Waals surface area (Å²) in [7, 11) is 0. The molecular formula is C17H25ClN2. The molecule has 3 heteroatoms. The second-order valence-electron chi connectivity index (χ2n) is 6.17. The number of rotatable bonds is 8. The van der Waals surface area contributed by atoms with E-state index >= 15 is 0 Å². The molecule has 1 N–H and O–H groups in total. The van der Waals surface area contributed by atoms with Crippen LogP contribution >= 0.6 is 11.6 Å². The standard InChI is InChI=1S/C17H25ClN2/c1-2-3-11-20(14-9-10-14)17-6-4-5-16(18)15(17)12-19-13-7-8-13/h4-6,13-14,19H,2-3,7-12H2,1H3. The molecule has 1 aromatic rings. The summed E-state index contributed by atoms with van der Waals surface area (Å²) in [6.07, 6.45) is 7.83. The van der Waals surface area contributed by atoms with Crippen molar-refractivity contribution in [2.24, 2.45) is 0 Å². The third kappa shape index (κ3) is 3.48. The lowest BCUT2D eigenvalue weighted by atomic mass is 10.1. The molecule has 0 saturated heterocycles. The van der Waals surface area contributed by atoms with Crippen LogP contribution in [0.4, 0.5) is 5.69 Å². The number of anilines is 1. The monoisotopic (exact) mass is 292 g/mol. The Bertz CT molecular complexity index is 452. The Morgan fingerprint density at radius 1 is 1.25 bits per heavy atom. The van der Waals surface area contributed by atoms with Crippen molar-refractivity contribution in [3.63, 3.8) is 0 Å². The molecular weight excluding hydrogens is 268 g/mol. The molecule has 0 aliphatic heterocycles. The quantitative estimate of drug-likeness (QED) is 0.766. The van der Waals surface area contributed by atoms with Gasteiger partial charge in [0, 0.05) is 41.4 Å². The topological polar surface area (TPSA) is 15.3 Å². The molecule has 110 valence electrons. The maximum atomic E-state index is 6.47. The molecule has 3 rings (SSSR count). The van der Waals surface area contributed by atoms with Gasteiger partial charge in [0.15, 0.2) is 0 Å². The highest BCUT2D eigenvalue weighted by Gasteiger charge is 2.30. The van der Waals surface area contributed by atoms with Crippen LogP contribution in [0.15, 0.2) is 18.2 Å². The molecule has 2 fully saturated rings. The Morgan fingerprint density at radius 3 is 2.70 bits per heavy atom. The highest BCUT2D eigenvalue weighted by atomic mass is 35.5. The predicted molar refractivity (Wildman–Crippen MR) is 86.6 cm³/mol. The molecule has 0 spiro atoms. The van der Waals surface area contributed by atoms with Gasteiger partial charge >= 0.3 is 0 Å². The van der Waals surface area contributed by atoms with Crippen LogP contribution in [-0.2, 0) is 6.54 Å². The minimum absolute atomic E-state index is 0.726. The zero-order valence-corrected chi connectivity index (χ0v) is 13.1. The fourth-order valence-electron chi connectivity index (χ4n) is 2.74. The number of nitrogens with one attached hydrogen (secondary N) is 1. The first-order chi connectivity index (χ1) is 9.79. The maximum Gasteiger partial charge on any atom is 0.0471 e. The van der Waals surface area contributed by atoms with Gasteiger partial charge in [-0.25, -0.2) is 0 Å². The fourth-order valence-corrected chi connectivity index (χ4v) is 2.98. The highest BCUT2D eigenvalue weighted by Crippen LogP contribution is 2.36. The summed E-state index contributed by atoms with van der Waals surface area (Å²) < 4.78 is 0. The van der Waals surface area contributed by atoms with E-state index in [9.17, 15) is 0 Å². The zero-order chi connectivity index (χ0) is 13.9. The fraction of sp³-hybridized carbons (Fsp3) is 0.647. The van der Waals surface area contributed by atoms with Crippen LogP contribution in [0.25, 0.3) is 0 Å². The SMILES string of the molecule is CCCCN(c1cccc(Cl)c1CNC1CC1)C1CC1. The molecule has 20 heavy (non-hydrogen) atoms. The third-order valence-electron chi connectivity index (χ3n) is 4.29. The van der Waals surface area contributed by atoms with Gasteiger partial charge in [0.2, 0.25) is 0 Å². The Kier molecular flexibility index (Phi) is 4.52. The molecule has 0 radical (unpaired) electrons. The molecule has 0 unspecified atom stereocenters. The summed E-state index contributed by atoms with van der Waals surface area (Å²) >= 11 is 6.47. The van der Waals surface area contributed by atoms with Crippen molar-refractivity contribution in [1.82, 2.24) is 5.32 Å². The van der Waals surface area contributed by atoms with E-state index in [-0.39, 0.29) is 0 Å². The van der Waals surface area contributed by atoms with Gasteiger partial charge in [0.25, 0.3) is 0 Å². The lowest BCUT2D eigenvalue weighted by molar-refractivity contribution is 0.673. The number of nitrogens with zero attached hydrogens (tertiary/aromatic N) is 1. The molecule has 2 aliphatic rings. The Labute approximate surface area is 127 Å². The van der Waals surface area contributed by atoms with E-state index < -0.39 is 0 Å². The third-order valence-corrected chi connectivity index (χ3v) is 4.64. The van der Waals surface area contributed by atoms with Gasteiger partial charge in [-0.05, 0) is 44.2 Å². The molecule has 0 aromatic heterocycles. The molecule has 0 heterocycles. The minimum atomic E-state index is 0.726. The van der Waals surface area contributed by atoms with Crippen LogP contribution in [-0.4, -0.2) is 18.6 Å². The molecule has 0 atom stereocenters. The van der Waals surface area contributed by atoms with E-state index in [0.29, 0.717) is 0 Å². The first-order valence-electron chi connectivity index (χ1n) is 8.07. The van der Waals surface area contributed by atoms with Gasteiger partial charge in [-0.3, -0.25) is 0 Å². The molecule has 1 aromatic carbocycles. The van der Waals surface area contributed by atoms with E-state index in [0.717, 1.165) is 30.2 Å². The second kappa shape index (κ2) is 6.36. The summed E-state index contributed by atoms with van der Waals surface area (Å²) in [6.45, 7) is 4.34. The summed E-state index contributed by atoms with van der Waals surface area (Å²) in [6, 6.07) is 7.85. The summed E-state index contributed by atoms with van der Waals surface area (Å²) in [4.78, 5) is 2.60. The molecule has 2 saturated carbocycles. The van der Waals surface area contributed by atoms with E-state index in [1.54, 1.807) is 0 Å². The molecule has 2 nitrogen and oxygen atoms in total. The number of benzene rings is 1. The largest absolute Gasteiger partial charge is 0.368 e. The van der Waals surface area contributed by atoms with E-state index in [1.807, 2.05) is 6.07 Å². The molecule has 0 bridgehead atoms. The lowest BCUT2D eigenvalue weighted by Crippen LogP contribution is -2.29. The minimum Gasteiger partial charge on any atom is -0.368 e. The average molecular weight is 293 g/mol. The van der Waals surface area contributed by atoms with Crippen molar-refractivity contribution in [3.05, 3.63) is 28.8 Å². The van der Waals surface area contributed by atoms with Crippen molar-refractivity contribution in [2.75, 3.05) is 11.4 Å². The average Bonchev–Trinajstić information content (AvgIpc) is 3.32. The van der Waals surface area contributed by atoms with Crippen molar-refractivity contribution < 1.29 is 0 Å².